The van der Waals surface area contributed by atoms with E-state index in [-0.39, 0.29) is 5.75 Å². The van der Waals surface area contributed by atoms with Crippen molar-refractivity contribution < 1.29 is 32.2 Å². The monoisotopic (exact) mass is 307 g/mol. The number of rotatable bonds is 6. The van der Waals surface area contributed by atoms with Gasteiger partial charge in [-0.15, -0.1) is 0 Å². The molecular weight excluding hydrogens is 293 g/mol. The Balaban J connectivity index is 3.04. The van der Waals surface area contributed by atoms with Gasteiger partial charge in [0.1, 0.15) is 6.04 Å². The van der Waals surface area contributed by atoms with Gasteiger partial charge in [0, 0.05) is 0 Å². The van der Waals surface area contributed by atoms with Crippen molar-refractivity contribution >= 4 is 16.0 Å². The van der Waals surface area contributed by atoms with Crippen LogP contribution in [0.15, 0.2) is 23.1 Å². The van der Waals surface area contributed by atoms with Crippen LogP contribution in [-0.4, -0.2) is 46.4 Å². The number of sulfonamides is 1. The van der Waals surface area contributed by atoms with E-state index < -0.39 is 39.4 Å². The molecular formula is C11H14FNO6S. The Kier molecular flexibility index (Phi) is 5.43. The van der Waals surface area contributed by atoms with E-state index in [1.807, 2.05) is 4.72 Å². The highest BCUT2D eigenvalue weighted by Gasteiger charge is 2.26. The van der Waals surface area contributed by atoms with E-state index in [0.717, 1.165) is 25.3 Å². The maximum Gasteiger partial charge on any atom is 0.326 e. The van der Waals surface area contributed by atoms with Gasteiger partial charge in [-0.3, -0.25) is 4.79 Å². The van der Waals surface area contributed by atoms with E-state index in [4.69, 9.17) is 5.11 Å². The molecule has 1 aromatic carbocycles. The fraction of sp³-hybridized carbons (Fsp3) is 0.364. The maximum atomic E-state index is 13.5. The van der Waals surface area contributed by atoms with Crippen LogP contribution in [0.2, 0.25) is 0 Å². The summed E-state index contributed by atoms with van der Waals surface area (Å²) in [5.41, 5.74) is 0. The minimum Gasteiger partial charge on any atom is -0.494 e. The molecule has 7 nitrogen and oxygen atoms in total. The Morgan fingerprint density at radius 1 is 1.45 bits per heavy atom. The van der Waals surface area contributed by atoms with Crippen LogP contribution in [0.1, 0.15) is 0 Å². The van der Waals surface area contributed by atoms with Gasteiger partial charge in [0.05, 0.1) is 25.7 Å². The van der Waals surface area contributed by atoms with Crippen LogP contribution in [0.25, 0.3) is 0 Å². The molecule has 0 spiro atoms. The number of esters is 1. The first kappa shape index (κ1) is 16.3. The van der Waals surface area contributed by atoms with Crippen molar-refractivity contribution in [1.82, 2.24) is 4.72 Å². The molecule has 0 saturated carbocycles. The Morgan fingerprint density at radius 2 is 2.10 bits per heavy atom. The number of benzene rings is 1. The summed E-state index contributed by atoms with van der Waals surface area (Å²) in [4.78, 5) is 10.8. The van der Waals surface area contributed by atoms with Crippen LogP contribution in [0.4, 0.5) is 4.39 Å². The van der Waals surface area contributed by atoms with Crippen molar-refractivity contribution in [2.45, 2.75) is 10.9 Å². The van der Waals surface area contributed by atoms with Gasteiger partial charge in [-0.2, -0.15) is 4.72 Å². The van der Waals surface area contributed by atoms with Crippen molar-refractivity contribution in [1.29, 1.82) is 0 Å². The number of carbonyl (C=O) groups is 1. The van der Waals surface area contributed by atoms with E-state index in [1.54, 1.807) is 0 Å². The van der Waals surface area contributed by atoms with Gasteiger partial charge in [0.15, 0.2) is 11.6 Å². The fourth-order valence-electron chi connectivity index (χ4n) is 1.37. The quantitative estimate of drug-likeness (QED) is 0.696. The van der Waals surface area contributed by atoms with Gasteiger partial charge in [0.2, 0.25) is 10.0 Å². The second-order valence-electron chi connectivity index (χ2n) is 3.68. The third kappa shape index (κ3) is 3.65. The summed E-state index contributed by atoms with van der Waals surface area (Å²) in [6, 6.07) is 1.52. The van der Waals surface area contributed by atoms with Crippen molar-refractivity contribution in [2.75, 3.05) is 20.8 Å². The van der Waals surface area contributed by atoms with Crippen molar-refractivity contribution in [3.8, 4) is 5.75 Å². The first-order valence-corrected chi connectivity index (χ1v) is 6.88. The molecule has 2 N–H and O–H groups in total. The molecule has 0 radical (unpaired) electrons. The van der Waals surface area contributed by atoms with Gasteiger partial charge < -0.3 is 14.6 Å². The van der Waals surface area contributed by atoms with E-state index >= 15 is 0 Å². The molecule has 1 atom stereocenters. The smallest absolute Gasteiger partial charge is 0.326 e. The minimum atomic E-state index is -4.18. The Hall–Kier alpha value is -1.71. The maximum absolute atomic E-state index is 13.5. The lowest BCUT2D eigenvalue weighted by molar-refractivity contribution is -0.143. The third-order valence-corrected chi connectivity index (χ3v) is 3.87. The van der Waals surface area contributed by atoms with Gasteiger partial charge in [-0.05, 0) is 18.2 Å². The largest absolute Gasteiger partial charge is 0.494 e. The highest BCUT2D eigenvalue weighted by atomic mass is 32.2. The SMILES string of the molecule is COC(=O)C(CO)NS(=O)(=O)c1ccc(OC)c(F)c1. The molecule has 0 aliphatic rings. The van der Waals surface area contributed by atoms with E-state index in [1.165, 1.54) is 7.11 Å². The Bertz CT molecular complexity index is 589. The summed E-state index contributed by atoms with van der Waals surface area (Å²) in [5.74, 6) is -1.94. The zero-order valence-corrected chi connectivity index (χ0v) is 11.6. The number of hydrogen-bond acceptors (Lipinski definition) is 6. The molecule has 0 saturated heterocycles. The average molecular weight is 307 g/mol. The summed E-state index contributed by atoms with van der Waals surface area (Å²) < 4.78 is 48.2. The van der Waals surface area contributed by atoms with E-state index in [9.17, 15) is 17.6 Å². The number of ether oxygens (including phenoxy) is 2. The second-order valence-corrected chi connectivity index (χ2v) is 5.39. The lowest BCUT2D eigenvalue weighted by Crippen LogP contribution is -2.43. The highest BCUT2D eigenvalue weighted by Crippen LogP contribution is 2.20. The van der Waals surface area contributed by atoms with Crippen molar-refractivity contribution in [3.63, 3.8) is 0 Å². The molecule has 0 aliphatic heterocycles. The fourth-order valence-corrected chi connectivity index (χ4v) is 2.56. The first-order valence-electron chi connectivity index (χ1n) is 5.40. The third-order valence-electron chi connectivity index (χ3n) is 2.40. The molecule has 1 rings (SSSR count). The number of carbonyl (C=O) groups excluding carboxylic acids is 1. The number of aliphatic hydroxyl groups excluding tert-OH is 1. The molecule has 1 aromatic rings. The predicted molar refractivity (Wildman–Crippen MR) is 66.2 cm³/mol. The number of nitrogens with one attached hydrogen (secondary N) is 1. The number of methoxy groups -OCH3 is 2. The van der Waals surface area contributed by atoms with Crippen molar-refractivity contribution in [3.05, 3.63) is 24.0 Å². The number of aliphatic hydroxyl groups is 1. The number of halogens is 1. The molecule has 0 fully saturated rings. The van der Waals surface area contributed by atoms with Gasteiger partial charge in [-0.1, -0.05) is 0 Å². The average Bonchev–Trinajstić information content (AvgIpc) is 2.43. The second kappa shape index (κ2) is 6.64. The standard InChI is InChI=1S/C11H14FNO6S/c1-18-10-4-3-7(5-8(10)12)20(16,17)13-9(6-14)11(15)19-2/h3-5,9,13-14H,6H2,1-2H3. The van der Waals surface area contributed by atoms with Gasteiger partial charge >= 0.3 is 5.97 Å². The van der Waals surface area contributed by atoms with Crippen molar-refractivity contribution in [2.24, 2.45) is 0 Å². The van der Waals surface area contributed by atoms with Crippen LogP contribution in [0, 0.1) is 5.82 Å². The highest BCUT2D eigenvalue weighted by molar-refractivity contribution is 7.89. The van der Waals surface area contributed by atoms with Gasteiger partial charge in [-0.25, -0.2) is 12.8 Å². The lowest BCUT2D eigenvalue weighted by Gasteiger charge is -2.14. The summed E-state index contributed by atoms with van der Waals surface area (Å²) in [6.45, 7) is -0.787. The molecule has 0 aromatic heterocycles. The molecule has 0 amide bonds. The van der Waals surface area contributed by atoms with Crippen LogP contribution < -0.4 is 9.46 Å². The summed E-state index contributed by atoms with van der Waals surface area (Å²) >= 11 is 0. The van der Waals surface area contributed by atoms with E-state index in [2.05, 4.69) is 9.47 Å². The zero-order chi connectivity index (χ0) is 15.3. The molecule has 0 aliphatic carbocycles. The van der Waals surface area contributed by atoms with Crippen LogP contribution in [0.5, 0.6) is 5.75 Å². The molecule has 0 heterocycles. The zero-order valence-electron chi connectivity index (χ0n) is 10.8. The van der Waals surface area contributed by atoms with Crippen LogP contribution in [0.3, 0.4) is 0 Å². The molecule has 9 heteroatoms. The number of hydrogen-bond donors (Lipinski definition) is 2. The molecule has 0 bridgehead atoms. The normalized spacial score (nSPS) is 12.8. The molecule has 1 unspecified atom stereocenters. The Morgan fingerprint density at radius 3 is 2.55 bits per heavy atom. The Labute approximate surface area is 115 Å². The van der Waals surface area contributed by atoms with Crippen LogP contribution >= 0.6 is 0 Å². The molecule has 20 heavy (non-hydrogen) atoms. The summed E-state index contributed by atoms with van der Waals surface area (Å²) in [5, 5.41) is 8.95. The minimum absolute atomic E-state index is 0.115. The van der Waals surface area contributed by atoms with Crippen LogP contribution in [-0.2, 0) is 19.6 Å². The topological polar surface area (TPSA) is 102 Å². The van der Waals surface area contributed by atoms with Gasteiger partial charge in [0.25, 0.3) is 0 Å². The lowest BCUT2D eigenvalue weighted by atomic mass is 10.3. The predicted octanol–water partition coefficient (Wildman–Crippen LogP) is -0.354. The summed E-state index contributed by atoms with van der Waals surface area (Å²) in [6.07, 6.45) is 0. The first-order chi connectivity index (χ1) is 9.35. The van der Waals surface area contributed by atoms with E-state index in [0.29, 0.717) is 0 Å². The molecule has 112 valence electrons. The summed E-state index contributed by atoms with van der Waals surface area (Å²) in [7, 11) is -1.89.